The van der Waals surface area contributed by atoms with Crippen molar-refractivity contribution in [2.45, 2.75) is 89.9 Å². The Morgan fingerprint density at radius 3 is 2.67 bits per heavy atom. The molecule has 8 nitrogen and oxygen atoms in total. The first kappa shape index (κ1) is 31.9. The van der Waals surface area contributed by atoms with Crippen molar-refractivity contribution in [3.05, 3.63) is 82.4 Å². The van der Waals surface area contributed by atoms with E-state index in [2.05, 4.69) is 0 Å². The third kappa shape index (κ3) is 6.57. The van der Waals surface area contributed by atoms with E-state index in [1.54, 1.807) is 19.1 Å². The van der Waals surface area contributed by atoms with Crippen molar-refractivity contribution in [3.63, 3.8) is 0 Å². The van der Waals surface area contributed by atoms with Gasteiger partial charge in [0, 0.05) is 30.9 Å². The van der Waals surface area contributed by atoms with E-state index < -0.39 is 41.4 Å². The van der Waals surface area contributed by atoms with Crippen molar-refractivity contribution in [1.29, 1.82) is 0 Å². The summed E-state index contributed by atoms with van der Waals surface area (Å²) in [6.07, 6.45) is 6.77. The number of ketones is 1. The lowest BCUT2D eigenvalue weighted by molar-refractivity contribution is -0.147. The second kappa shape index (κ2) is 13.0. The number of aryl methyl sites for hydroxylation is 1. The van der Waals surface area contributed by atoms with Crippen LogP contribution in [0.25, 0.3) is 0 Å². The van der Waals surface area contributed by atoms with Gasteiger partial charge in [-0.1, -0.05) is 43.2 Å². The van der Waals surface area contributed by atoms with Crippen LogP contribution in [0.3, 0.4) is 0 Å². The van der Waals surface area contributed by atoms with E-state index in [0.717, 1.165) is 31.2 Å². The number of aliphatic carboxylic acids is 1. The highest BCUT2D eigenvalue weighted by Crippen LogP contribution is 2.57. The molecule has 2 aromatic rings. The smallest absolute Gasteiger partial charge is 0.410 e. The Kier molecular flexibility index (Phi) is 8.99. The highest BCUT2D eigenvalue weighted by atomic mass is 19.1. The first-order valence-electron chi connectivity index (χ1n) is 16.2. The van der Waals surface area contributed by atoms with E-state index in [4.69, 9.17) is 4.74 Å². The van der Waals surface area contributed by atoms with Gasteiger partial charge in [0.2, 0.25) is 5.91 Å². The van der Waals surface area contributed by atoms with Gasteiger partial charge in [0.25, 0.3) is 0 Å². The van der Waals surface area contributed by atoms with E-state index in [-0.39, 0.29) is 62.3 Å². The van der Waals surface area contributed by atoms with Crippen LogP contribution in [0.2, 0.25) is 0 Å². The topological polar surface area (TPSA) is 104 Å². The number of hydrogen-bond donors (Lipinski definition) is 1. The number of carboxylic acids is 1. The molecule has 2 fully saturated rings. The van der Waals surface area contributed by atoms with E-state index >= 15 is 0 Å². The molecule has 0 bridgehead atoms. The fraction of sp³-hybridized carbons (Fsp3) is 0.500. The monoisotopic (exact) mass is 634 g/mol. The molecule has 46 heavy (non-hydrogen) atoms. The first-order chi connectivity index (χ1) is 22.0. The van der Waals surface area contributed by atoms with Crippen LogP contribution in [0.1, 0.15) is 73.6 Å². The number of nitrogens with zero attached hydrogens (tertiary/aromatic N) is 2. The zero-order valence-electron chi connectivity index (χ0n) is 26.1. The van der Waals surface area contributed by atoms with Crippen molar-refractivity contribution in [2.75, 3.05) is 6.54 Å². The summed E-state index contributed by atoms with van der Waals surface area (Å²) in [5.74, 6) is -3.23. The number of fused-ring (bicyclic) bond motifs is 3. The van der Waals surface area contributed by atoms with Crippen LogP contribution in [-0.4, -0.2) is 57.3 Å². The summed E-state index contributed by atoms with van der Waals surface area (Å²) < 4.78 is 34.5. The minimum Gasteiger partial charge on any atom is -0.481 e. The lowest BCUT2D eigenvalue weighted by atomic mass is 9.90. The minimum atomic E-state index is -1.21. The predicted octanol–water partition coefficient (Wildman–Crippen LogP) is 6.12. The van der Waals surface area contributed by atoms with E-state index in [1.807, 2.05) is 18.2 Å². The van der Waals surface area contributed by atoms with Crippen LogP contribution in [0, 0.1) is 35.8 Å². The summed E-state index contributed by atoms with van der Waals surface area (Å²) in [6.45, 7) is 2.03. The average molecular weight is 635 g/mol. The first-order valence-corrected chi connectivity index (χ1v) is 16.2. The van der Waals surface area contributed by atoms with E-state index in [1.165, 1.54) is 28.0 Å². The fourth-order valence-electron chi connectivity index (χ4n) is 7.55. The van der Waals surface area contributed by atoms with Gasteiger partial charge < -0.3 is 14.7 Å². The second-order valence-corrected chi connectivity index (χ2v) is 13.5. The van der Waals surface area contributed by atoms with Crippen LogP contribution in [-0.2, 0) is 38.6 Å². The highest BCUT2D eigenvalue weighted by molar-refractivity contribution is 5.95. The lowest BCUT2D eigenvalue weighted by Crippen LogP contribution is -2.45. The number of carbonyl (C=O) groups is 4. The largest absolute Gasteiger partial charge is 0.481 e. The third-order valence-corrected chi connectivity index (χ3v) is 10.1. The SMILES string of the molecule is Cc1cc(F)cc(C[C@H]2CCCCC/C=C\[C@@H]3C[C@@]3(C(=O)O)CC(=O)[C@@H]3C[C@@H](OC(=O)N4Cc5cccc(F)c5C4)CN3C2=O)c1. The Hall–Kier alpha value is -4.08. The van der Waals surface area contributed by atoms with Crippen molar-refractivity contribution in [2.24, 2.45) is 17.3 Å². The molecular formula is C36H40F2N2O6. The molecule has 2 aromatic carbocycles. The van der Waals surface area contributed by atoms with Crippen LogP contribution in [0.15, 0.2) is 48.6 Å². The number of rotatable bonds is 4. The number of carboxylic acid groups (broad SMARTS) is 1. The van der Waals surface area contributed by atoms with Crippen molar-refractivity contribution >= 4 is 23.8 Å². The van der Waals surface area contributed by atoms with E-state index in [0.29, 0.717) is 29.5 Å². The highest BCUT2D eigenvalue weighted by Gasteiger charge is 2.61. The quantitative estimate of drug-likeness (QED) is 0.407. The van der Waals surface area contributed by atoms with E-state index in [9.17, 15) is 33.1 Å². The molecule has 0 spiro atoms. The number of carbonyl (C=O) groups excluding carboxylic acids is 3. The number of hydrogen-bond acceptors (Lipinski definition) is 5. The molecule has 6 rings (SSSR count). The van der Waals surface area contributed by atoms with Crippen LogP contribution in [0.5, 0.6) is 0 Å². The summed E-state index contributed by atoms with van der Waals surface area (Å²) in [7, 11) is 0. The Morgan fingerprint density at radius 1 is 1.09 bits per heavy atom. The molecule has 3 heterocycles. The van der Waals surface area contributed by atoms with Gasteiger partial charge in [-0.15, -0.1) is 0 Å². The number of ether oxygens (including phenoxy) is 1. The van der Waals surface area contributed by atoms with Gasteiger partial charge in [-0.2, -0.15) is 0 Å². The molecule has 244 valence electrons. The van der Waals surface area contributed by atoms with Crippen LogP contribution >= 0.6 is 0 Å². The van der Waals surface area contributed by atoms with Gasteiger partial charge in [-0.25, -0.2) is 13.6 Å². The molecule has 5 atom stereocenters. The standard InChI is InChI=1S/C36H40F2N2O6/c1-22-12-23(15-27(37)13-22)14-24-8-5-3-2-4-6-10-26-17-36(26,34(43)44)18-32(41)31-16-28(20-40(31)33(24)42)46-35(45)39-19-25-9-7-11-30(38)29(25)21-39/h6-7,9-13,15,24,26,28,31H,2-5,8,14,16-21H2,1H3,(H,43,44)/b10-6-/t24-,26-,28-,31+,36-/m1/s1. The van der Waals surface area contributed by atoms with Crippen molar-refractivity contribution in [3.8, 4) is 0 Å². The summed E-state index contributed by atoms with van der Waals surface area (Å²) >= 11 is 0. The third-order valence-electron chi connectivity index (χ3n) is 10.1. The molecular weight excluding hydrogens is 594 g/mol. The second-order valence-electron chi connectivity index (χ2n) is 13.5. The lowest BCUT2D eigenvalue weighted by Gasteiger charge is -2.29. The maximum Gasteiger partial charge on any atom is 0.410 e. The number of halogens is 2. The Bertz CT molecular complexity index is 1560. The normalized spacial score (nSPS) is 28.8. The molecule has 10 heteroatoms. The molecule has 4 aliphatic rings. The van der Waals surface area contributed by atoms with Crippen LogP contribution < -0.4 is 0 Å². The zero-order chi connectivity index (χ0) is 32.6. The molecule has 3 aliphatic heterocycles. The molecule has 0 radical (unpaired) electrons. The van der Waals surface area contributed by atoms with Crippen LogP contribution in [0.4, 0.5) is 13.6 Å². The molecule has 1 saturated carbocycles. The number of Topliss-reactive ketones (excluding diaryl/α,β-unsaturated/α-hetero) is 1. The fourth-order valence-corrected chi connectivity index (χ4v) is 7.55. The summed E-state index contributed by atoms with van der Waals surface area (Å²) in [6, 6.07) is 8.45. The maximum atomic E-state index is 14.3. The molecule has 1 N–H and O–H groups in total. The summed E-state index contributed by atoms with van der Waals surface area (Å²) in [5, 5.41) is 10.1. The summed E-state index contributed by atoms with van der Waals surface area (Å²) in [5.41, 5.74) is 1.36. The molecule has 2 amide bonds. The Morgan fingerprint density at radius 2 is 1.91 bits per heavy atom. The van der Waals surface area contributed by atoms with Gasteiger partial charge in [-0.05, 0) is 79.8 Å². The van der Waals surface area contributed by atoms with Crippen molar-refractivity contribution < 1.29 is 37.8 Å². The van der Waals surface area contributed by atoms with Gasteiger partial charge in [0.1, 0.15) is 17.7 Å². The Balaban J connectivity index is 1.25. The number of allylic oxidation sites excluding steroid dienone is 2. The molecule has 0 unspecified atom stereocenters. The zero-order valence-corrected chi connectivity index (χ0v) is 26.1. The Labute approximate surface area is 267 Å². The number of amides is 2. The van der Waals surface area contributed by atoms with Crippen molar-refractivity contribution in [1.82, 2.24) is 9.80 Å². The van der Waals surface area contributed by atoms with Gasteiger partial charge >= 0.3 is 12.1 Å². The average Bonchev–Trinajstić information content (AvgIpc) is 3.31. The van der Waals surface area contributed by atoms with Gasteiger partial charge in [-0.3, -0.25) is 19.3 Å². The number of benzene rings is 2. The predicted molar refractivity (Wildman–Crippen MR) is 164 cm³/mol. The molecule has 1 aliphatic carbocycles. The maximum absolute atomic E-state index is 14.3. The molecule has 1 saturated heterocycles. The van der Waals surface area contributed by atoms with Gasteiger partial charge in [0.15, 0.2) is 5.78 Å². The summed E-state index contributed by atoms with van der Waals surface area (Å²) in [4.78, 5) is 56.8. The minimum absolute atomic E-state index is 0.0157. The molecule has 0 aromatic heterocycles. The van der Waals surface area contributed by atoms with Gasteiger partial charge in [0.05, 0.1) is 24.5 Å².